The Morgan fingerprint density at radius 3 is 1.75 bits per heavy atom. The molecule has 0 amide bonds. The molecule has 64 heavy (non-hydrogen) atoms. The van der Waals surface area contributed by atoms with Crippen LogP contribution in [0.4, 0.5) is 0 Å². The number of fused-ring (bicyclic) bond motifs is 6. The normalized spacial score (nSPS) is 14.0. The van der Waals surface area contributed by atoms with E-state index in [-0.39, 0.29) is 5.41 Å². The minimum absolute atomic E-state index is 0.108. The van der Waals surface area contributed by atoms with E-state index < -0.39 is 0 Å². The second-order valence-electron chi connectivity index (χ2n) is 17.5. The molecule has 2 heterocycles. The van der Waals surface area contributed by atoms with Gasteiger partial charge >= 0.3 is 0 Å². The van der Waals surface area contributed by atoms with Crippen molar-refractivity contribution in [3.8, 4) is 67.3 Å². The lowest BCUT2D eigenvalue weighted by Gasteiger charge is -2.25. The highest BCUT2D eigenvalue weighted by molar-refractivity contribution is 7.26. The summed E-state index contributed by atoms with van der Waals surface area (Å²) < 4.78 is 2.57. The van der Waals surface area contributed by atoms with E-state index in [1.807, 2.05) is 29.5 Å². The summed E-state index contributed by atoms with van der Waals surface area (Å²) >= 11 is 1.85. The van der Waals surface area contributed by atoms with Gasteiger partial charge in [-0.05, 0) is 109 Å². The van der Waals surface area contributed by atoms with Crippen LogP contribution in [0.25, 0.3) is 98.6 Å². The molecular formula is C60H43N3S. The van der Waals surface area contributed by atoms with E-state index in [4.69, 9.17) is 15.0 Å². The van der Waals surface area contributed by atoms with Crippen LogP contribution in [-0.2, 0) is 5.41 Å². The van der Waals surface area contributed by atoms with Crippen molar-refractivity contribution >= 4 is 42.7 Å². The molecule has 2 aliphatic carbocycles. The molecule has 0 unspecified atom stereocenters. The summed E-state index contributed by atoms with van der Waals surface area (Å²) in [5.41, 5.74) is 18.2. The monoisotopic (exact) mass is 837 g/mol. The predicted molar refractivity (Wildman–Crippen MR) is 269 cm³/mol. The van der Waals surface area contributed by atoms with Gasteiger partial charge in [-0.15, -0.1) is 11.3 Å². The van der Waals surface area contributed by atoms with Crippen molar-refractivity contribution in [1.29, 1.82) is 0 Å². The molecule has 10 aromatic rings. The Labute approximate surface area is 377 Å². The van der Waals surface area contributed by atoms with Crippen LogP contribution in [0.2, 0.25) is 0 Å². The van der Waals surface area contributed by atoms with Gasteiger partial charge in [0.25, 0.3) is 0 Å². The zero-order valence-corrected chi connectivity index (χ0v) is 36.5. The SMILES string of the molecule is CC1(C)c2ccccc2-c2cccc(C3=CCCC(c4nc(-c5ccccc5)nc(-c5ccc(-c6cccc7sc8ccc(-c9ccc(-c%10ccccc%10)cc9)cc8c67)cc5)n4)=C3)c21. The fraction of sp³-hybridized carbons (Fsp3) is 0.0833. The number of hydrogen-bond acceptors (Lipinski definition) is 4. The average Bonchev–Trinajstić information content (AvgIpc) is 3.86. The Hall–Kier alpha value is -7.53. The third-order valence-corrected chi connectivity index (χ3v) is 14.4. The second-order valence-corrected chi connectivity index (χ2v) is 18.5. The number of aromatic nitrogens is 3. The number of benzene rings is 8. The summed E-state index contributed by atoms with van der Waals surface area (Å²) in [4.78, 5) is 15.5. The van der Waals surface area contributed by atoms with Crippen molar-refractivity contribution < 1.29 is 0 Å². The molecule has 304 valence electrons. The van der Waals surface area contributed by atoms with Crippen LogP contribution in [0.3, 0.4) is 0 Å². The van der Waals surface area contributed by atoms with E-state index in [9.17, 15) is 0 Å². The van der Waals surface area contributed by atoms with E-state index in [1.165, 1.54) is 81.4 Å². The lowest BCUT2D eigenvalue weighted by atomic mass is 9.78. The molecule has 0 spiro atoms. The Kier molecular flexibility index (Phi) is 9.17. The van der Waals surface area contributed by atoms with E-state index >= 15 is 0 Å². The van der Waals surface area contributed by atoms with Crippen LogP contribution in [0.1, 0.15) is 49.2 Å². The summed E-state index contributed by atoms with van der Waals surface area (Å²) in [5, 5.41) is 2.57. The molecule has 0 N–H and O–H groups in total. The molecule has 2 aromatic heterocycles. The fourth-order valence-corrected chi connectivity index (χ4v) is 11.2. The first kappa shape index (κ1) is 38.2. The molecule has 0 saturated heterocycles. The summed E-state index contributed by atoms with van der Waals surface area (Å²) in [6.07, 6.45) is 6.49. The van der Waals surface area contributed by atoms with Crippen molar-refractivity contribution in [1.82, 2.24) is 15.0 Å². The molecule has 12 rings (SSSR count). The Morgan fingerprint density at radius 2 is 0.984 bits per heavy atom. The minimum atomic E-state index is -0.108. The van der Waals surface area contributed by atoms with E-state index in [0.717, 1.165) is 40.9 Å². The first-order chi connectivity index (χ1) is 31.5. The highest BCUT2D eigenvalue weighted by Gasteiger charge is 2.37. The van der Waals surface area contributed by atoms with Crippen LogP contribution in [0, 0.1) is 0 Å². The smallest absolute Gasteiger partial charge is 0.164 e. The maximum atomic E-state index is 5.24. The van der Waals surface area contributed by atoms with Crippen molar-refractivity contribution in [2.75, 3.05) is 0 Å². The van der Waals surface area contributed by atoms with Crippen LogP contribution >= 0.6 is 11.3 Å². The molecule has 0 saturated carbocycles. The highest BCUT2D eigenvalue weighted by Crippen LogP contribution is 2.52. The van der Waals surface area contributed by atoms with E-state index in [1.54, 1.807) is 0 Å². The first-order valence-corrected chi connectivity index (χ1v) is 23.0. The molecule has 0 fully saturated rings. The lowest BCUT2D eigenvalue weighted by Crippen LogP contribution is -2.17. The Bertz CT molecular complexity index is 3490. The van der Waals surface area contributed by atoms with Gasteiger partial charge in [-0.3, -0.25) is 0 Å². The van der Waals surface area contributed by atoms with E-state index in [0.29, 0.717) is 11.6 Å². The number of rotatable bonds is 7. The molecule has 4 heteroatoms. The van der Waals surface area contributed by atoms with Crippen molar-refractivity contribution in [2.45, 2.75) is 32.1 Å². The summed E-state index contributed by atoms with van der Waals surface area (Å²) in [6.45, 7) is 4.72. The highest BCUT2D eigenvalue weighted by atomic mass is 32.1. The molecule has 0 atom stereocenters. The van der Waals surface area contributed by atoms with E-state index in [2.05, 4.69) is 196 Å². The van der Waals surface area contributed by atoms with Gasteiger partial charge in [0.05, 0.1) is 0 Å². The van der Waals surface area contributed by atoms with Gasteiger partial charge in [0.1, 0.15) is 0 Å². The summed E-state index contributed by atoms with van der Waals surface area (Å²) in [7, 11) is 0. The van der Waals surface area contributed by atoms with Gasteiger partial charge in [-0.1, -0.05) is 190 Å². The molecule has 2 aliphatic rings. The van der Waals surface area contributed by atoms with Crippen LogP contribution < -0.4 is 0 Å². The van der Waals surface area contributed by atoms with Gasteiger partial charge < -0.3 is 0 Å². The third kappa shape index (κ3) is 6.53. The quantitative estimate of drug-likeness (QED) is 0.160. The largest absolute Gasteiger partial charge is 0.209 e. The van der Waals surface area contributed by atoms with Crippen LogP contribution in [0.15, 0.2) is 200 Å². The topological polar surface area (TPSA) is 38.7 Å². The number of hydrogen-bond donors (Lipinski definition) is 0. The van der Waals surface area contributed by atoms with Gasteiger partial charge in [-0.2, -0.15) is 0 Å². The standard InChI is InChI=1S/C60H43N3S/c1-60(2)52-24-10-9-20-49(52)50-23-12-22-48(56(50)60)45-18-11-19-46(36-45)59-62-57(42-16-7-4-8-17-42)61-58(63-59)43-32-30-41(31-33-43)47-21-13-25-54-55(47)51-37-44(34-35-53(51)64-54)40-28-26-39(27-29-40)38-14-5-3-6-15-38/h3-10,12-18,20-37H,11,19H2,1-2H3. The zero-order chi connectivity index (χ0) is 42.8. The second kappa shape index (κ2) is 15.4. The van der Waals surface area contributed by atoms with Gasteiger partial charge in [0, 0.05) is 36.7 Å². The molecule has 0 radical (unpaired) electrons. The van der Waals surface area contributed by atoms with Crippen molar-refractivity contribution in [2.24, 2.45) is 0 Å². The Balaban J connectivity index is 0.906. The van der Waals surface area contributed by atoms with Gasteiger partial charge in [-0.25, -0.2) is 15.0 Å². The van der Waals surface area contributed by atoms with Crippen LogP contribution in [0.5, 0.6) is 0 Å². The van der Waals surface area contributed by atoms with Crippen LogP contribution in [-0.4, -0.2) is 15.0 Å². The molecule has 0 aliphatic heterocycles. The van der Waals surface area contributed by atoms with Gasteiger partial charge in [0.2, 0.25) is 0 Å². The zero-order valence-electron chi connectivity index (χ0n) is 35.7. The molecule has 8 aromatic carbocycles. The molecular weight excluding hydrogens is 795 g/mol. The minimum Gasteiger partial charge on any atom is -0.209 e. The number of thiophene rings is 1. The molecule has 0 bridgehead atoms. The van der Waals surface area contributed by atoms with Crippen molar-refractivity contribution in [3.05, 3.63) is 223 Å². The maximum absolute atomic E-state index is 5.24. The summed E-state index contributed by atoms with van der Waals surface area (Å²) in [5.74, 6) is 2.08. The number of nitrogens with zero attached hydrogens (tertiary/aromatic N) is 3. The van der Waals surface area contributed by atoms with Gasteiger partial charge in [0.15, 0.2) is 17.5 Å². The molecule has 3 nitrogen and oxygen atoms in total. The fourth-order valence-electron chi connectivity index (χ4n) is 10.1. The first-order valence-electron chi connectivity index (χ1n) is 22.1. The number of allylic oxidation sites excluding steroid dienone is 4. The summed E-state index contributed by atoms with van der Waals surface area (Å²) in [6, 6.07) is 67.8. The lowest BCUT2D eigenvalue weighted by molar-refractivity contribution is 0.658. The third-order valence-electron chi connectivity index (χ3n) is 13.2. The maximum Gasteiger partial charge on any atom is 0.164 e. The average molecular weight is 838 g/mol. The van der Waals surface area contributed by atoms with Crippen molar-refractivity contribution in [3.63, 3.8) is 0 Å². The Morgan fingerprint density at radius 1 is 0.438 bits per heavy atom. The predicted octanol–water partition coefficient (Wildman–Crippen LogP) is 16.1.